The van der Waals surface area contributed by atoms with Crippen LogP contribution in [0.25, 0.3) is 5.65 Å². The number of aromatic nitrogens is 4. The molecule has 2 atom stereocenters. The number of aromatic amines is 1. The standard InChI is InChI=1S/C12H16ClN5O/c13-8-4-2-1-3-5-9(8)14-10-6-7-11-15-16-12(19)18(11)17-10/h6-9H,1-5H2,(H,14,17)(H,16,19). The Hall–Kier alpha value is -1.56. The molecule has 0 radical (unpaired) electrons. The first-order valence-electron chi connectivity index (χ1n) is 6.59. The molecule has 1 saturated carbocycles. The predicted molar refractivity (Wildman–Crippen MR) is 73.7 cm³/mol. The summed E-state index contributed by atoms with van der Waals surface area (Å²) in [6.07, 6.45) is 5.64. The molecule has 102 valence electrons. The van der Waals surface area contributed by atoms with Gasteiger partial charge < -0.3 is 5.32 Å². The summed E-state index contributed by atoms with van der Waals surface area (Å²) in [5.41, 5.74) is 0.181. The number of anilines is 1. The van der Waals surface area contributed by atoms with Crippen LogP contribution in [-0.4, -0.2) is 31.2 Å². The molecule has 1 aliphatic carbocycles. The number of H-pyrrole nitrogens is 1. The fraction of sp³-hybridized carbons (Fsp3) is 0.583. The van der Waals surface area contributed by atoms with Gasteiger partial charge in [0.1, 0.15) is 5.82 Å². The summed E-state index contributed by atoms with van der Waals surface area (Å²) < 4.78 is 1.25. The van der Waals surface area contributed by atoms with E-state index in [4.69, 9.17) is 11.6 Å². The number of alkyl halides is 1. The molecule has 2 unspecified atom stereocenters. The first-order chi connectivity index (χ1) is 9.24. The fourth-order valence-corrected chi connectivity index (χ4v) is 2.84. The van der Waals surface area contributed by atoms with Gasteiger partial charge in [-0.3, -0.25) is 0 Å². The lowest BCUT2D eigenvalue weighted by atomic mass is 10.1. The van der Waals surface area contributed by atoms with Gasteiger partial charge in [-0.25, -0.2) is 9.89 Å². The van der Waals surface area contributed by atoms with E-state index < -0.39 is 0 Å². The van der Waals surface area contributed by atoms with E-state index in [0.717, 1.165) is 12.8 Å². The number of halogens is 1. The molecule has 0 aromatic carbocycles. The molecule has 2 aromatic heterocycles. The van der Waals surface area contributed by atoms with Gasteiger partial charge in [0.25, 0.3) is 0 Å². The van der Waals surface area contributed by atoms with Gasteiger partial charge >= 0.3 is 5.69 Å². The third kappa shape index (κ3) is 2.58. The molecule has 0 spiro atoms. The summed E-state index contributed by atoms with van der Waals surface area (Å²) in [5, 5.41) is 13.9. The van der Waals surface area contributed by atoms with Crippen LogP contribution in [0.1, 0.15) is 32.1 Å². The van der Waals surface area contributed by atoms with Crippen LogP contribution in [0.5, 0.6) is 0 Å². The first-order valence-corrected chi connectivity index (χ1v) is 7.03. The van der Waals surface area contributed by atoms with Crippen molar-refractivity contribution < 1.29 is 0 Å². The Morgan fingerprint density at radius 2 is 2.16 bits per heavy atom. The molecule has 0 amide bonds. The lowest BCUT2D eigenvalue weighted by Gasteiger charge is -2.21. The van der Waals surface area contributed by atoms with E-state index in [2.05, 4.69) is 20.6 Å². The maximum Gasteiger partial charge on any atom is 0.364 e. The number of hydrogen-bond acceptors (Lipinski definition) is 4. The van der Waals surface area contributed by atoms with E-state index in [0.29, 0.717) is 11.5 Å². The average molecular weight is 282 g/mol. The molecule has 0 aliphatic heterocycles. The highest BCUT2D eigenvalue weighted by molar-refractivity contribution is 6.21. The summed E-state index contributed by atoms with van der Waals surface area (Å²) in [7, 11) is 0. The minimum atomic E-state index is -0.332. The van der Waals surface area contributed by atoms with Crippen LogP contribution in [0.2, 0.25) is 0 Å². The Labute approximate surface area is 115 Å². The number of fused-ring (bicyclic) bond motifs is 1. The van der Waals surface area contributed by atoms with Gasteiger partial charge in [-0.2, -0.15) is 9.61 Å². The van der Waals surface area contributed by atoms with Gasteiger partial charge in [0.2, 0.25) is 0 Å². The SMILES string of the molecule is O=c1[nH]nc2ccc(NC3CCCCCC3Cl)nn12. The van der Waals surface area contributed by atoms with Crippen LogP contribution >= 0.6 is 11.6 Å². The Morgan fingerprint density at radius 1 is 1.32 bits per heavy atom. The van der Waals surface area contributed by atoms with Crippen molar-refractivity contribution in [3.8, 4) is 0 Å². The molecular formula is C12H16ClN5O. The van der Waals surface area contributed by atoms with Crippen molar-refractivity contribution in [2.75, 3.05) is 5.32 Å². The maximum absolute atomic E-state index is 11.5. The number of nitrogens with zero attached hydrogens (tertiary/aromatic N) is 3. The van der Waals surface area contributed by atoms with E-state index in [1.807, 2.05) is 6.07 Å². The van der Waals surface area contributed by atoms with Gasteiger partial charge in [0.15, 0.2) is 5.65 Å². The van der Waals surface area contributed by atoms with Crippen LogP contribution in [0.15, 0.2) is 16.9 Å². The van der Waals surface area contributed by atoms with Crippen LogP contribution < -0.4 is 11.0 Å². The van der Waals surface area contributed by atoms with Crippen LogP contribution in [0.4, 0.5) is 5.82 Å². The second-order valence-electron chi connectivity index (χ2n) is 4.92. The van der Waals surface area contributed by atoms with Gasteiger partial charge in [-0.15, -0.1) is 16.7 Å². The molecule has 0 bridgehead atoms. The molecule has 0 saturated heterocycles. The predicted octanol–water partition coefficient (Wildman–Crippen LogP) is 1.77. The highest BCUT2D eigenvalue weighted by atomic mass is 35.5. The first kappa shape index (κ1) is 12.5. The molecule has 1 aliphatic rings. The largest absolute Gasteiger partial charge is 0.364 e. The zero-order chi connectivity index (χ0) is 13.2. The van der Waals surface area contributed by atoms with E-state index in [1.54, 1.807) is 6.07 Å². The van der Waals surface area contributed by atoms with Crippen molar-refractivity contribution in [3.05, 3.63) is 22.6 Å². The van der Waals surface area contributed by atoms with Crippen LogP contribution in [-0.2, 0) is 0 Å². The Bertz CT molecular complexity index is 622. The zero-order valence-electron chi connectivity index (χ0n) is 10.5. The summed E-state index contributed by atoms with van der Waals surface area (Å²) in [4.78, 5) is 11.5. The van der Waals surface area contributed by atoms with Crippen molar-refractivity contribution in [1.82, 2.24) is 19.8 Å². The average Bonchev–Trinajstić information content (AvgIpc) is 2.65. The molecule has 1 fully saturated rings. The molecule has 2 heterocycles. The normalized spacial score (nSPS) is 24.3. The van der Waals surface area contributed by atoms with Crippen LogP contribution in [0.3, 0.4) is 0 Å². The lowest BCUT2D eigenvalue weighted by Crippen LogP contribution is -2.29. The summed E-state index contributed by atoms with van der Waals surface area (Å²) in [6, 6.07) is 3.79. The highest BCUT2D eigenvalue weighted by Gasteiger charge is 2.22. The lowest BCUT2D eigenvalue weighted by molar-refractivity contribution is 0.622. The number of rotatable bonds is 2. The topological polar surface area (TPSA) is 75.1 Å². The number of hydrogen-bond donors (Lipinski definition) is 2. The third-order valence-electron chi connectivity index (χ3n) is 3.54. The Kier molecular flexibility index (Phi) is 3.42. The summed E-state index contributed by atoms with van der Waals surface area (Å²) in [5.74, 6) is 0.661. The summed E-state index contributed by atoms with van der Waals surface area (Å²) in [6.45, 7) is 0. The second kappa shape index (κ2) is 5.21. The van der Waals surface area contributed by atoms with Crippen molar-refractivity contribution >= 4 is 23.1 Å². The molecule has 2 aromatic rings. The van der Waals surface area contributed by atoms with E-state index >= 15 is 0 Å². The Morgan fingerprint density at radius 3 is 3.05 bits per heavy atom. The molecule has 6 nitrogen and oxygen atoms in total. The third-order valence-corrected chi connectivity index (χ3v) is 4.06. The minimum absolute atomic E-state index is 0.112. The molecule has 7 heteroatoms. The molecular weight excluding hydrogens is 266 g/mol. The van der Waals surface area contributed by atoms with E-state index in [-0.39, 0.29) is 17.1 Å². The monoisotopic (exact) mass is 281 g/mol. The van der Waals surface area contributed by atoms with E-state index in [1.165, 1.54) is 23.8 Å². The smallest absolute Gasteiger partial charge is 0.364 e. The second-order valence-corrected chi connectivity index (χ2v) is 5.48. The molecule has 2 N–H and O–H groups in total. The molecule has 3 rings (SSSR count). The highest BCUT2D eigenvalue weighted by Crippen LogP contribution is 2.24. The Balaban J connectivity index is 1.83. The van der Waals surface area contributed by atoms with Crippen LogP contribution in [0, 0.1) is 0 Å². The van der Waals surface area contributed by atoms with Crippen molar-refractivity contribution in [2.45, 2.75) is 43.5 Å². The van der Waals surface area contributed by atoms with Crippen molar-refractivity contribution in [3.63, 3.8) is 0 Å². The zero-order valence-corrected chi connectivity index (χ0v) is 11.2. The van der Waals surface area contributed by atoms with Gasteiger partial charge in [0.05, 0.1) is 5.38 Å². The van der Waals surface area contributed by atoms with Gasteiger partial charge in [0, 0.05) is 6.04 Å². The molecule has 19 heavy (non-hydrogen) atoms. The minimum Gasteiger partial charge on any atom is -0.364 e. The van der Waals surface area contributed by atoms with Gasteiger partial charge in [-0.1, -0.05) is 19.3 Å². The fourth-order valence-electron chi connectivity index (χ4n) is 2.49. The summed E-state index contributed by atoms with van der Waals surface area (Å²) >= 11 is 6.39. The van der Waals surface area contributed by atoms with Crippen molar-refractivity contribution in [2.24, 2.45) is 0 Å². The van der Waals surface area contributed by atoms with Gasteiger partial charge in [-0.05, 0) is 25.0 Å². The quantitative estimate of drug-likeness (QED) is 0.650. The van der Waals surface area contributed by atoms with Crippen molar-refractivity contribution in [1.29, 1.82) is 0 Å². The number of nitrogens with one attached hydrogen (secondary N) is 2. The van der Waals surface area contributed by atoms with E-state index in [9.17, 15) is 4.79 Å². The maximum atomic E-state index is 11.5.